The SMILES string of the molecule is CCN(CC)C(=O)CC(C(N)=O)N1CCCNCC1. The van der Waals surface area contributed by atoms with E-state index in [-0.39, 0.29) is 12.3 Å². The highest BCUT2D eigenvalue weighted by molar-refractivity contribution is 5.87. The van der Waals surface area contributed by atoms with Crippen molar-refractivity contribution in [2.75, 3.05) is 39.3 Å². The lowest BCUT2D eigenvalue weighted by atomic mass is 10.1. The Labute approximate surface area is 115 Å². The van der Waals surface area contributed by atoms with E-state index in [2.05, 4.69) is 5.32 Å². The van der Waals surface area contributed by atoms with Crippen molar-refractivity contribution in [2.45, 2.75) is 32.7 Å². The van der Waals surface area contributed by atoms with E-state index in [4.69, 9.17) is 5.73 Å². The highest BCUT2D eigenvalue weighted by atomic mass is 16.2. The molecule has 0 aliphatic carbocycles. The van der Waals surface area contributed by atoms with Crippen LogP contribution in [0.2, 0.25) is 0 Å². The number of hydrogen-bond acceptors (Lipinski definition) is 4. The lowest BCUT2D eigenvalue weighted by Crippen LogP contribution is -2.49. The topological polar surface area (TPSA) is 78.7 Å². The summed E-state index contributed by atoms with van der Waals surface area (Å²) < 4.78 is 0. The largest absolute Gasteiger partial charge is 0.368 e. The Hall–Kier alpha value is -1.14. The molecule has 6 heteroatoms. The van der Waals surface area contributed by atoms with Gasteiger partial charge in [0, 0.05) is 32.7 Å². The number of nitrogens with zero attached hydrogens (tertiary/aromatic N) is 2. The second kappa shape index (κ2) is 8.12. The lowest BCUT2D eigenvalue weighted by molar-refractivity contribution is -0.136. The standard InChI is InChI=1S/C13H26N4O2/c1-3-16(4-2)12(18)10-11(13(14)19)17-8-5-6-15-7-9-17/h11,15H,3-10H2,1-2H3,(H2,14,19). The monoisotopic (exact) mass is 270 g/mol. The Morgan fingerprint density at radius 2 is 1.95 bits per heavy atom. The summed E-state index contributed by atoms with van der Waals surface area (Å²) in [7, 11) is 0. The summed E-state index contributed by atoms with van der Waals surface area (Å²) in [5.41, 5.74) is 5.48. The van der Waals surface area contributed by atoms with Crippen LogP contribution >= 0.6 is 0 Å². The molecule has 110 valence electrons. The molecule has 0 spiro atoms. The molecule has 1 unspecified atom stereocenters. The van der Waals surface area contributed by atoms with Crippen LogP contribution < -0.4 is 11.1 Å². The first-order valence-electron chi connectivity index (χ1n) is 7.12. The van der Waals surface area contributed by atoms with E-state index in [1.165, 1.54) is 0 Å². The van der Waals surface area contributed by atoms with Gasteiger partial charge in [0.25, 0.3) is 0 Å². The second-order valence-electron chi connectivity index (χ2n) is 4.83. The molecule has 0 bridgehead atoms. The zero-order valence-corrected chi connectivity index (χ0v) is 12.0. The molecular weight excluding hydrogens is 244 g/mol. The van der Waals surface area contributed by atoms with Crippen LogP contribution in [0.3, 0.4) is 0 Å². The summed E-state index contributed by atoms with van der Waals surface area (Å²) in [6.07, 6.45) is 1.17. The number of nitrogens with two attached hydrogens (primary N) is 1. The van der Waals surface area contributed by atoms with Gasteiger partial charge in [0.2, 0.25) is 11.8 Å². The van der Waals surface area contributed by atoms with Crippen molar-refractivity contribution < 1.29 is 9.59 Å². The number of hydrogen-bond donors (Lipinski definition) is 2. The van der Waals surface area contributed by atoms with Crippen LogP contribution in [0.1, 0.15) is 26.7 Å². The number of carbonyl (C=O) groups excluding carboxylic acids is 2. The predicted molar refractivity (Wildman–Crippen MR) is 74.6 cm³/mol. The van der Waals surface area contributed by atoms with Crippen molar-refractivity contribution in [3.8, 4) is 0 Å². The molecule has 0 radical (unpaired) electrons. The number of primary amides is 1. The van der Waals surface area contributed by atoms with E-state index >= 15 is 0 Å². The summed E-state index contributed by atoms with van der Waals surface area (Å²) in [4.78, 5) is 27.5. The third-order valence-electron chi connectivity index (χ3n) is 3.63. The molecule has 1 fully saturated rings. The van der Waals surface area contributed by atoms with Gasteiger partial charge in [-0.3, -0.25) is 14.5 Å². The van der Waals surface area contributed by atoms with Gasteiger partial charge in [-0.15, -0.1) is 0 Å². The molecule has 19 heavy (non-hydrogen) atoms. The Morgan fingerprint density at radius 1 is 1.26 bits per heavy atom. The maximum atomic E-state index is 12.1. The van der Waals surface area contributed by atoms with Crippen LogP contribution in [-0.4, -0.2) is 66.9 Å². The van der Waals surface area contributed by atoms with Crippen LogP contribution in [0.4, 0.5) is 0 Å². The maximum Gasteiger partial charge on any atom is 0.235 e. The van der Waals surface area contributed by atoms with Crippen molar-refractivity contribution in [1.29, 1.82) is 0 Å². The predicted octanol–water partition coefficient (Wildman–Crippen LogP) is -0.606. The van der Waals surface area contributed by atoms with Crippen LogP contribution in [0.5, 0.6) is 0 Å². The molecule has 1 saturated heterocycles. The molecule has 0 aromatic carbocycles. The summed E-state index contributed by atoms with van der Waals surface area (Å²) in [5, 5.41) is 3.28. The molecule has 1 rings (SSSR count). The van der Waals surface area contributed by atoms with E-state index in [9.17, 15) is 9.59 Å². The number of nitrogens with one attached hydrogen (secondary N) is 1. The first-order chi connectivity index (χ1) is 9.10. The van der Waals surface area contributed by atoms with Crippen LogP contribution in [0.15, 0.2) is 0 Å². The van der Waals surface area contributed by atoms with E-state index in [0.29, 0.717) is 13.1 Å². The molecule has 0 saturated carbocycles. The highest BCUT2D eigenvalue weighted by Gasteiger charge is 2.28. The maximum absolute atomic E-state index is 12.1. The van der Waals surface area contributed by atoms with Gasteiger partial charge in [-0.25, -0.2) is 0 Å². The second-order valence-corrected chi connectivity index (χ2v) is 4.83. The molecule has 0 aromatic rings. The molecule has 1 aliphatic heterocycles. The van der Waals surface area contributed by atoms with Gasteiger partial charge in [0.15, 0.2) is 0 Å². The smallest absolute Gasteiger partial charge is 0.235 e. The Balaban J connectivity index is 2.66. The Bertz CT molecular complexity index is 297. The Morgan fingerprint density at radius 3 is 2.53 bits per heavy atom. The van der Waals surface area contributed by atoms with Crippen LogP contribution in [-0.2, 0) is 9.59 Å². The first-order valence-corrected chi connectivity index (χ1v) is 7.12. The molecule has 3 N–H and O–H groups in total. The normalized spacial score (nSPS) is 18.6. The van der Waals surface area contributed by atoms with Gasteiger partial charge in [0.05, 0.1) is 12.5 Å². The fraction of sp³-hybridized carbons (Fsp3) is 0.846. The lowest BCUT2D eigenvalue weighted by Gasteiger charge is -2.29. The van der Waals surface area contributed by atoms with Gasteiger partial charge >= 0.3 is 0 Å². The molecule has 1 atom stereocenters. The van der Waals surface area contributed by atoms with Gasteiger partial charge < -0.3 is 16.0 Å². The average Bonchev–Trinajstić information content (AvgIpc) is 2.65. The molecule has 1 heterocycles. The number of amides is 2. The quantitative estimate of drug-likeness (QED) is 0.675. The molecule has 2 amide bonds. The number of carbonyl (C=O) groups is 2. The minimum absolute atomic E-state index is 0.00556. The minimum atomic E-state index is -0.479. The van der Waals surface area contributed by atoms with Crippen molar-refractivity contribution in [1.82, 2.24) is 15.1 Å². The summed E-state index contributed by atoms with van der Waals surface area (Å²) in [5.74, 6) is -0.395. The van der Waals surface area contributed by atoms with E-state index in [1.807, 2.05) is 18.7 Å². The first kappa shape index (κ1) is 15.9. The average molecular weight is 270 g/mol. The fourth-order valence-corrected chi connectivity index (χ4v) is 2.46. The van der Waals surface area contributed by atoms with E-state index in [1.54, 1.807) is 4.90 Å². The van der Waals surface area contributed by atoms with Gasteiger partial charge in [-0.1, -0.05) is 0 Å². The van der Waals surface area contributed by atoms with Crippen molar-refractivity contribution in [2.24, 2.45) is 5.73 Å². The van der Waals surface area contributed by atoms with Gasteiger partial charge in [0.1, 0.15) is 0 Å². The molecule has 0 aromatic heterocycles. The third kappa shape index (κ3) is 4.80. The summed E-state index contributed by atoms with van der Waals surface area (Å²) >= 11 is 0. The summed E-state index contributed by atoms with van der Waals surface area (Å²) in [6.45, 7) is 8.58. The zero-order chi connectivity index (χ0) is 14.3. The Kier molecular flexibility index (Phi) is 6.80. The van der Waals surface area contributed by atoms with Crippen LogP contribution in [0.25, 0.3) is 0 Å². The van der Waals surface area contributed by atoms with Crippen LogP contribution in [0, 0.1) is 0 Å². The minimum Gasteiger partial charge on any atom is -0.368 e. The van der Waals surface area contributed by atoms with Crippen molar-refractivity contribution >= 4 is 11.8 Å². The molecule has 1 aliphatic rings. The third-order valence-corrected chi connectivity index (χ3v) is 3.63. The van der Waals surface area contributed by atoms with E-state index < -0.39 is 11.9 Å². The number of rotatable bonds is 6. The molecule has 6 nitrogen and oxygen atoms in total. The van der Waals surface area contributed by atoms with Gasteiger partial charge in [-0.2, -0.15) is 0 Å². The van der Waals surface area contributed by atoms with Crippen molar-refractivity contribution in [3.63, 3.8) is 0 Å². The van der Waals surface area contributed by atoms with Crippen molar-refractivity contribution in [3.05, 3.63) is 0 Å². The molecular formula is C13H26N4O2. The highest BCUT2D eigenvalue weighted by Crippen LogP contribution is 2.09. The zero-order valence-electron chi connectivity index (χ0n) is 12.0. The van der Waals surface area contributed by atoms with E-state index in [0.717, 1.165) is 32.6 Å². The van der Waals surface area contributed by atoms with Gasteiger partial charge in [-0.05, 0) is 26.8 Å². The fourth-order valence-electron chi connectivity index (χ4n) is 2.46. The summed E-state index contributed by atoms with van der Waals surface area (Å²) in [6, 6.07) is -0.479.